The van der Waals surface area contributed by atoms with Gasteiger partial charge in [0.05, 0.1) is 0 Å². The van der Waals surface area contributed by atoms with Crippen LogP contribution in [0.25, 0.3) is 0 Å². The molecule has 1 aromatic carbocycles. The van der Waals surface area contributed by atoms with Crippen molar-refractivity contribution in [1.29, 1.82) is 0 Å². The van der Waals surface area contributed by atoms with E-state index in [9.17, 15) is 0 Å². The van der Waals surface area contributed by atoms with Gasteiger partial charge in [-0.25, -0.2) is 4.99 Å². The highest BCUT2D eigenvalue weighted by Crippen LogP contribution is 2.19. The van der Waals surface area contributed by atoms with Gasteiger partial charge in [0.25, 0.3) is 0 Å². The molecule has 0 unspecified atom stereocenters. The van der Waals surface area contributed by atoms with Crippen molar-refractivity contribution in [2.45, 2.75) is 26.4 Å². The number of hydrogen-bond donors (Lipinski definition) is 2. The van der Waals surface area contributed by atoms with Gasteiger partial charge in [-0.3, -0.25) is 4.84 Å². The zero-order valence-corrected chi connectivity index (χ0v) is 14.7. The number of nitrogens with zero attached hydrogens (tertiary/aromatic N) is 3. The number of hydroxylamine groups is 2. The third-order valence-electron chi connectivity index (χ3n) is 2.92. The predicted molar refractivity (Wildman–Crippen MR) is 92.1 cm³/mol. The summed E-state index contributed by atoms with van der Waals surface area (Å²) in [5, 5.41) is 1.43. The van der Waals surface area contributed by atoms with Crippen molar-refractivity contribution in [3.05, 3.63) is 29.8 Å². The smallest absolute Gasteiger partial charge is 0.226 e. The van der Waals surface area contributed by atoms with Gasteiger partial charge in [0.1, 0.15) is 19.0 Å². The van der Waals surface area contributed by atoms with Crippen LogP contribution in [0.15, 0.2) is 34.3 Å². The summed E-state index contributed by atoms with van der Waals surface area (Å²) in [6.45, 7) is 6.41. The van der Waals surface area contributed by atoms with E-state index in [0.29, 0.717) is 13.2 Å². The predicted octanol–water partition coefficient (Wildman–Crippen LogP) is 1.56. The summed E-state index contributed by atoms with van der Waals surface area (Å²) in [6.07, 6.45) is 0. The molecular formula is C14H22BrN5O2. The molecule has 0 atom stereocenters. The normalized spacial score (nSPS) is 16.4. The van der Waals surface area contributed by atoms with Gasteiger partial charge in [-0.15, -0.1) is 17.0 Å². The highest BCUT2D eigenvalue weighted by molar-refractivity contribution is 8.93. The molecule has 1 aliphatic rings. The van der Waals surface area contributed by atoms with Gasteiger partial charge in [-0.2, -0.15) is 10.1 Å². The molecule has 0 saturated heterocycles. The molecule has 8 heteroatoms. The van der Waals surface area contributed by atoms with Gasteiger partial charge in [0, 0.05) is 0 Å². The van der Waals surface area contributed by atoms with Crippen molar-refractivity contribution < 1.29 is 9.57 Å². The summed E-state index contributed by atoms with van der Waals surface area (Å²) in [5.41, 5.74) is 11.9. The molecule has 0 saturated carbocycles. The number of hydrogen-bond acceptors (Lipinski definition) is 7. The Kier molecular flexibility index (Phi) is 6.19. The van der Waals surface area contributed by atoms with Gasteiger partial charge in [-0.05, 0) is 32.9 Å². The number of nitrogens with two attached hydrogens (primary N) is 2. The van der Waals surface area contributed by atoms with Gasteiger partial charge in [0.15, 0.2) is 5.66 Å². The number of aliphatic imine (C=N–C) groups is 2. The summed E-state index contributed by atoms with van der Waals surface area (Å²) in [6, 6.07) is 7.82. The molecule has 0 spiro atoms. The number of rotatable bonds is 5. The maximum atomic E-state index is 5.80. The Morgan fingerprint density at radius 1 is 1.14 bits per heavy atom. The Balaban J connectivity index is 0.00000242. The molecule has 0 bridgehead atoms. The highest BCUT2D eigenvalue weighted by Gasteiger charge is 2.32. The molecule has 1 heterocycles. The van der Waals surface area contributed by atoms with Gasteiger partial charge < -0.3 is 16.2 Å². The van der Waals surface area contributed by atoms with Crippen molar-refractivity contribution in [1.82, 2.24) is 5.06 Å². The summed E-state index contributed by atoms with van der Waals surface area (Å²) < 4.78 is 5.58. The van der Waals surface area contributed by atoms with Crippen LogP contribution in [0.4, 0.5) is 0 Å². The van der Waals surface area contributed by atoms with E-state index in [1.54, 1.807) is 0 Å². The van der Waals surface area contributed by atoms with Crippen LogP contribution < -0.4 is 16.2 Å². The first kappa shape index (κ1) is 18.2. The van der Waals surface area contributed by atoms with Crippen LogP contribution in [0, 0.1) is 6.92 Å². The molecule has 0 amide bonds. The number of halogens is 1. The lowest BCUT2D eigenvalue weighted by Crippen LogP contribution is -2.54. The van der Waals surface area contributed by atoms with Crippen molar-refractivity contribution in [3.8, 4) is 5.75 Å². The summed E-state index contributed by atoms with van der Waals surface area (Å²) in [4.78, 5) is 13.7. The number of aryl methyl sites for hydroxylation is 1. The molecule has 7 nitrogen and oxygen atoms in total. The molecule has 1 aromatic rings. The molecule has 4 N–H and O–H groups in total. The number of benzene rings is 1. The molecule has 0 fully saturated rings. The second-order valence-corrected chi connectivity index (χ2v) is 5.22. The van der Waals surface area contributed by atoms with Gasteiger partial charge in [-0.1, -0.05) is 17.7 Å². The third-order valence-corrected chi connectivity index (χ3v) is 2.92. The minimum atomic E-state index is -0.695. The SMILES string of the molecule is Br.Cc1ccc(OCCON2C(N)=NC(N)=NC2(C)C)cc1. The molecule has 1 aliphatic heterocycles. The minimum absolute atomic E-state index is 0. The lowest BCUT2D eigenvalue weighted by Gasteiger charge is -2.36. The maximum absolute atomic E-state index is 5.80. The van der Waals surface area contributed by atoms with Crippen LogP contribution in [0.2, 0.25) is 0 Å². The molecule has 2 rings (SSSR count). The standard InChI is InChI=1S/C14H21N5O2.BrH/c1-10-4-6-11(7-5-10)20-8-9-21-19-13(16)17-12(15)18-14(19,2)3;/h4-7H,8-9H2,1-3H3,(H4,15,16,17,18);1H. The molecule has 0 aromatic heterocycles. The quantitative estimate of drug-likeness (QED) is 0.765. The molecule has 122 valence electrons. The fourth-order valence-corrected chi connectivity index (χ4v) is 1.94. The van der Waals surface area contributed by atoms with Crippen LogP contribution in [0.1, 0.15) is 19.4 Å². The summed E-state index contributed by atoms with van der Waals surface area (Å²) in [7, 11) is 0. The Bertz CT molecular complexity index is 557. The first-order valence-electron chi connectivity index (χ1n) is 6.70. The molecule has 0 radical (unpaired) electrons. The fourth-order valence-electron chi connectivity index (χ4n) is 1.94. The van der Waals surface area contributed by atoms with E-state index in [1.807, 2.05) is 45.0 Å². The fraction of sp³-hybridized carbons (Fsp3) is 0.429. The zero-order valence-electron chi connectivity index (χ0n) is 12.9. The van der Waals surface area contributed by atoms with E-state index in [4.69, 9.17) is 21.0 Å². The topological polar surface area (TPSA) is 98.5 Å². The van der Waals surface area contributed by atoms with Crippen molar-refractivity contribution in [3.63, 3.8) is 0 Å². The van der Waals surface area contributed by atoms with E-state index < -0.39 is 5.66 Å². The largest absolute Gasteiger partial charge is 0.491 e. The second kappa shape index (κ2) is 7.46. The van der Waals surface area contributed by atoms with Crippen LogP contribution in [0.5, 0.6) is 5.75 Å². The van der Waals surface area contributed by atoms with E-state index in [1.165, 1.54) is 10.6 Å². The first-order chi connectivity index (χ1) is 9.88. The average Bonchev–Trinajstić information content (AvgIpc) is 2.38. The monoisotopic (exact) mass is 371 g/mol. The van der Waals surface area contributed by atoms with Gasteiger partial charge >= 0.3 is 0 Å². The van der Waals surface area contributed by atoms with E-state index in [-0.39, 0.29) is 28.9 Å². The number of ether oxygens (including phenoxy) is 1. The van der Waals surface area contributed by atoms with Gasteiger partial charge in [0.2, 0.25) is 11.9 Å². The maximum Gasteiger partial charge on any atom is 0.226 e. The lowest BCUT2D eigenvalue weighted by atomic mass is 10.2. The summed E-state index contributed by atoms with van der Waals surface area (Å²) in [5.74, 6) is 1.13. The van der Waals surface area contributed by atoms with Crippen molar-refractivity contribution >= 4 is 28.9 Å². The van der Waals surface area contributed by atoms with Crippen LogP contribution in [-0.4, -0.2) is 35.9 Å². The Morgan fingerprint density at radius 3 is 2.36 bits per heavy atom. The average molecular weight is 372 g/mol. The molecule has 0 aliphatic carbocycles. The summed E-state index contributed by atoms with van der Waals surface area (Å²) >= 11 is 0. The van der Waals surface area contributed by atoms with E-state index >= 15 is 0 Å². The molecular weight excluding hydrogens is 350 g/mol. The van der Waals surface area contributed by atoms with Crippen molar-refractivity contribution in [2.75, 3.05) is 13.2 Å². The van der Waals surface area contributed by atoms with E-state index in [0.717, 1.165) is 5.75 Å². The highest BCUT2D eigenvalue weighted by atomic mass is 79.9. The molecule has 22 heavy (non-hydrogen) atoms. The minimum Gasteiger partial charge on any atom is -0.491 e. The Hall–Kier alpha value is -1.80. The zero-order chi connectivity index (χ0) is 15.5. The Morgan fingerprint density at radius 2 is 1.77 bits per heavy atom. The first-order valence-corrected chi connectivity index (χ1v) is 6.70. The van der Waals surface area contributed by atoms with Crippen molar-refractivity contribution in [2.24, 2.45) is 21.5 Å². The lowest BCUT2D eigenvalue weighted by molar-refractivity contribution is -0.161. The van der Waals surface area contributed by atoms with Crippen LogP contribution in [-0.2, 0) is 4.84 Å². The number of guanidine groups is 2. The Labute approximate surface area is 140 Å². The third kappa shape index (κ3) is 4.60. The van der Waals surface area contributed by atoms with E-state index in [2.05, 4.69) is 9.98 Å². The van der Waals surface area contributed by atoms with Crippen LogP contribution >= 0.6 is 17.0 Å². The van der Waals surface area contributed by atoms with Crippen LogP contribution in [0.3, 0.4) is 0 Å². The second-order valence-electron chi connectivity index (χ2n) is 5.22.